The van der Waals surface area contributed by atoms with E-state index in [0.717, 1.165) is 43.4 Å². The zero-order chi connectivity index (χ0) is 52.2. The van der Waals surface area contributed by atoms with Gasteiger partial charge in [0.05, 0.1) is 17.5 Å². The Kier molecular flexibility index (Phi) is 15.2. The van der Waals surface area contributed by atoms with Gasteiger partial charge in [0.2, 0.25) is 21.8 Å². The summed E-state index contributed by atoms with van der Waals surface area (Å²) in [5.41, 5.74) is 1.84. The molecule has 3 aromatic carbocycles. The van der Waals surface area contributed by atoms with Gasteiger partial charge in [0.25, 0.3) is 23.3 Å². The summed E-state index contributed by atoms with van der Waals surface area (Å²) in [5, 5.41) is 14.5. The molecule has 386 valence electrons. The maximum atomic E-state index is 14.1. The summed E-state index contributed by atoms with van der Waals surface area (Å²) in [6, 6.07) is 18.2. The van der Waals surface area contributed by atoms with E-state index in [0.29, 0.717) is 47.2 Å². The standard InChI is InChI=1S/C51H60N10O11S/c1-51(2,3)72-50(68)54-21-20-53-46(64)40-26-34-36(28-59(4)49(67)44(34)56-40)33-25-39(58-73(5,69)70)35(27-42(33)71-31-11-7-6-8-12-31)45(63)52-19-10-22-60-23-17-30(18-24-60)55-38-14-9-13-32-37(38)29-61(48(32)66)41-15-16-43(62)57-47(41)65/h6-9,11-14,25-28,30,41,55-56,58H,10,15-24,29H2,1-5H3,(H,52,63)(H,53,64)(H,54,68)(H,57,62,65). The number of anilines is 2. The number of carbonyl (C=O) groups is 6. The predicted molar refractivity (Wildman–Crippen MR) is 273 cm³/mol. The number of para-hydroxylation sites is 1. The van der Waals surface area contributed by atoms with Gasteiger partial charge >= 0.3 is 6.09 Å². The van der Waals surface area contributed by atoms with Crippen molar-refractivity contribution >= 4 is 67.9 Å². The molecule has 5 heterocycles. The van der Waals surface area contributed by atoms with Gasteiger partial charge in [0, 0.05) is 98.3 Å². The van der Waals surface area contributed by atoms with E-state index in [1.165, 1.54) is 36.0 Å². The highest BCUT2D eigenvalue weighted by Crippen LogP contribution is 2.41. The third kappa shape index (κ3) is 12.5. The number of likely N-dealkylation sites (tertiary alicyclic amines) is 1. The molecule has 21 nitrogen and oxygen atoms in total. The lowest BCUT2D eigenvalue weighted by Crippen LogP contribution is -2.52. The molecule has 0 spiro atoms. The molecule has 1 unspecified atom stereocenters. The van der Waals surface area contributed by atoms with Crippen LogP contribution in [-0.2, 0) is 37.9 Å². The van der Waals surface area contributed by atoms with Crippen molar-refractivity contribution in [3.05, 3.63) is 106 Å². The molecule has 73 heavy (non-hydrogen) atoms. The van der Waals surface area contributed by atoms with Crippen molar-refractivity contribution in [3.63, 3.8) is 0 Å². The monoisotopic (exact) mass is 1020 g/mol. The molecule has 7 N–H and O–H groups in total. The molecule has 0 aliphatic carbocycles. The number of nitrogens with zero attached hydrogens (tertiary/aromatic N) is 3. The summed E-state index contributed by atoms with van der Waals surface area (Å²) in [6.45, 7) is 8.12. The van der Waals surface area contributed by atoms with Gasteiger partial charge in [0.1, 0.15) is 34.4 Å². The van der Waals surface area contributed by atoms with E-state index < -0.39 is 51.0 Å². The third-order valence-corrected chi connectivity index (χ3v) is 13.3. The Morgan fingerprint density at radius 2 is 1.55 bits per heavy atom. The van der Waals surface area contributed by atoms with Crippen LogP contribution in [-0.4, -0.2) is 127 Å². The van der Waals surface area contributed by atoms with Crippen LogP contribution in [0.3, 0.4) is 0 Å². The highest BCUT2D eigenvalue weighted by atomic mass is 32.2. The number of alkyl carbamates (subject to hydrolysis) is 1. The fraction of sp³-hybridized carbons (Fsp3) is 0.392. The van der Waals surface area contributed by atoms with Gasteiger partial charge in [0.15, 0.2) is 0 Å². The van der Waals surface area contributed by atoms with E-state index >= 15 is 0 Å². The molecule has 2 aromatic heterocycles. The minimum absolute atomic E-state index is 0.0171. The number of ether oxygens (including phenoxy) is 2. The van der Waals surface area contributed by atoms with Crippen molar-refractivity contribution in [3.8, 4) is 22.6 Å². The number of hydrogen-bond donors (Lipinski definition) is 7. The van der Waals surface area contributed by atoms with E-state index in [4.69, 9.17) is 9.47 Å². The SMILES string of the molecule is Cn1cc(-c2cc(NS(C)(=O)=O)c(C(=O)NCCCN3CCC(Nc4cccc5c4CN(C4CCC(=O)NC4=O)C5=O)CC3)cc2Oc2ccccc2)c2cc(C(=O)NCCNC(=O)OC(C)(C)C)[nH]c2c1=O. The first-order valence-corrected chi connectivity index (χ1v) is 26.0. The van der Waals surface area contributed by atoms with E-state index in [9.17, 15) is 42.0 Å². The van der Waals surface area contributed by atoms with Gasteiger partial charge in [-0.05, 0) is 95.5 Å². The minimum Gasteiger partial charge on any atom is -0.457 e. The summed E-state index contributed by atoms with van der Waals surface area (Å²) in [5.74, 6) is -1.56. The van der Waals surface area contributed by atoms with E-state index in [-0.39, 0.29) is 78.7 Å². The van der Waals surface area contributed by atoms with Gasteiger partial charge in [-0.3, -0.25) is 38.8 Å². The smallest absolute Gasteiger partial charge is 0.407 e. The summed E-state index contributed by atoms with van der Waals surface area (Å²) in [7, 11) is -2.42. The third-order valence-electron chi connectivity index (χ3n) is 12.7. The van der Waals surface area contributed by atoms with Crippen molar-refractivity contribution in [1.82, 2.24) is 40.6 Å². The molecule has 6 amide bonds. The average molecular weight is 1020 g/mol. The number of imide groups is 1. The summed E-state index contributed by atoms with van der Waals surface area (Å²) in [4.78, 5) is 97.5. The second-order valence-electron chi connectivity index (χ2n) is 19.4. The summed E-state index contributed by atoms with van der Waals surface area (Å²) in [6.07, 6.45) is 4.59. The number of rotatable bonds is 17. The van der Waals surface area contributed by atoms with Gasteiger partial charge in [-0.2, -0.15) is 0 Å². The van der Waals surface area contributed by atoms with Crippen LogP contribution in [0.4, 0.5) is 16.2 Å². The molecule has 8 rings (SSSR count). The van der Waals surface area contributed by atoms with Crippen LogP contribution < -0.4 is 41.6 Å². The molecule has 3 aliphatic heterocycles. The van der Waals surface area contributed by atoms with E-state index in [1.54, 1.807) is 56.0 Å². The molecule has 0 saturated carbocycles. The van der Waals surface area contributed by atoms with Crippen molar-refractivity contribution in [2.45, 2.75) is 77.1 Å². The lowest BCUT2D eigenvalue weighted by atomic mass is 9.99. The maximum Gasteiger partial charge on any atom is 0.407 e. The Morgan fingerprint density at radius 1 is 0.822 bits per heavy atom. The molecule has 22 heteroatoms. The zero-order valence-electron chi connectivity index (χ0n) is 41.3. The summed E-state index contributed by atoms with van der Waals surface area (Å²) < 4.78 is 41.2. The van der Waals surface area contributed by atoms with Crippen molar-refractivity contribution < 1.29 is 46.7 Å². The second-order valence-corrected chi connectivity index (χ2v) is 21.1. The van der Waals surface area contributed by atoms with Crippen LogP contribution in [0.1, 0.15) is 89.6 Å². The fourth-order valence-corrected chi connectivity index (χ4v) is 9.79. The number of sulfonamides is 1. The van der Waals surface area contributed by atoms with Crippen LogP contribution in [0.5, 0.6) is 11.5 Å². The molecule has 3 aliphatic rings. The van der Waals surface area contributed by atoms with Crippen molar-refractivity contribution in [1.29, 1.82) is 0 Å². The number of aromatic amines is 1. The van der Waals surface area contributed by atoms with Crippen LogP contribution in [0, 0.1) is 0 Å². The van der Waals surface area contributed by atoms with Gasteiger partial charge in [-0.15, -0.1) is 0 Å². The largest absolute Gasteiger partial charge is 0.457 e. The lowest BCUT2D eigenvalue weighted by Gasteiger charge is -2.33. The molecule has 1 atom stereocenters. The van der Waals surface area contributed by atoms with Crippen LogP contribution >= 0.6 is 0 Å². The minimum atomic E-state index is -3.95. The Morgan fingerprint density at radius 3 is 2.26 bits per heavy atom. The van der Waals surface area contributed by atoms with Crippen LogP contribution in [0.25, 0.3) is 22.0 Å². The van der Waals surface area contributed by atoms with Gasteiger partial charge < -0.3 is 50.1 Å². The predicted octanol–water partition coefficient (Wildman–Crippen LogP) is 4.41. The first-order chi connectivity index (χ1) is 34.7. The van der Waals surface area contributed by atoms with E-state index in [1.807, 2.05) is 18.2 Å². The number of fused-ring (bicyclic) bond motifs is 2. The molecule has 5 aromatic rings. The Balaban J connectivity index is 0.942. The molecule has 0 bridgehead atoms. The number of benzene rings is 3. The fourth-order valence-electron chi connectivity index (χ4n) is 9.22. The number of carbonyl (C=O) groups excluding carboxylic acids is 6. The van der Waals surface area contributed by atoms with Crippen LogP contribution in [0.15, 0.2) is 77.7 Å². The number of H-pyrrole nitrogens is 1. The molecule has 0 radical (unpaired) electrons. The first-order valence-electron chi connectivity index (χ1n) is 24.1. The van der Waals surface area contributed by atoms with Crippen molar-refractivity contribution in [2.24, 2.45) is 7.05 Å². The molecule has 2 fully saturated rings. The number of aryl methyl sites for hydroxylation is 1. The molecular formula is C51H60N10O11S. The normalized spacial score (nSPS) is 16.4. The maximum absolute atomic E-state index is 14.1. The number of hydrogen-bond acceptors (Lipinski definition) is 13. The Labute approximate surface area is 421 Å². The molecular weight excluding hydrogens is 961 g/mol. The first kappa shape index (κ1) is 51.6. The topological polar surface area (TPSA) is 271 Å². The number of amides is 6. The van der Waals surface area contributed by atoms with E-state index in [2.05, 4.69) is 41.2 Å². The van der Waals surface area contributed by atoms with Gasteiger partial charge in [-0.25, -0.2) is 13.2 Å². The second kappa shape index (κ2) is 21.6. The van der Waals surface area contributed by atoms with Crippen LogP contribution in [0.2, 0.25) is 0 Å². The number of pyridine rings is 1. The zero-order valence-corrected chi connectivity index (χ0v) is 42.1. The number of nitrogens with one attached hydrogen (secondary N) is 7. The Hall–Kier alpha value is -7.72. The lowest BCUT2D eigenvalue weighted by molar-refractivity contribution is -0.136. The summed E-state index contributed by atoms with van der Waals surface area (Å²) >= 11 is 0. The quantitative estimate of drug-likeness (QED) is 0.0503. The molecule has 2 saturated heterocycles. The highest BCUT2D eigenvalue weighted by Gasteiger charge is 2.40. The van der Waals surface area contributed by atoms with Crippen molar-refractivity contribution in [2.75, 3.05) is 55.6 Å². The number of piperidine rings is 2. The number of aromatic nitrogens is 2. The average Bonchev–Trinajstić information content (AvgIpc) is 3.93. The highest BCUT2D eigenvalue weighted by molar-refractivity contribution is 7.92. The Bertz CT molecular complexity index is 3140. The van der Waals surface area contributed by atoms with Gasteiger partial charge in [-0.1, -0.05) is 24.3 Å².